The Bertz CT molecular complexity index is 571. The average Bonchev–Trinajstić information content (AvgIpc) is 2.34. The summed E-state index contributed by atoms with van der Waals surface area (Å²) in [6.45, 7) is 2.48. The number of rotatable bonds is 5. The Morgan fingerprint density at radius 2 is 2.05 bits per heavy atom. The number of nitrogens with zero attached hydrogens (tertiary/aromatic N) is 1. The van der Waals surface area contributed by atoms with Crippen molar-refractivity contribution >= 4 is 27.3 Å². The van der Waals surface area contributed by atoms with E-state index in [9.17, 15) is 13.2 Å². The fraction of sp³-hybridized carbons (Fsp3) is 0.364. The van der Waals surface area contributed by atoms with E-state index in [0.717, 1.165) is 0 Å². The Labute approximate surface area is 112 Å². The van der Waals surface area contributed by atoms with Crippen molar-refractivity contribution in [3.05, 3.63) is 18.2 Å². The lowest BCUT2D eigenvalue weighted by atomic mass is 10.2. The third kappa shape index (κ3) is 3.83. The molecule has 0 aliphatic heterocycles. The zero-order valence-electron chi connectivity index (χ0n) is 10.9. The van der Waals surface area contributed by atoms with E-state index in [4.69, 9.17) is 10.9 Å². The van der Waals surface area contributed by atoms with E-state index >= 15 is 0 Å². The number of primary sulfonamides is 1. The highest BCUT2D eigenvalue weighted by Gasteiger charge is 2.15. The highest BCUT2D eigenvalue weighted by molar-refractivity contribution is 7.89. The Morgan fingerprint density at radius 3 is 2.58 bits per heavy atom. The molecule has 0 aliphatic rings. The van der Waals surface area contributed by atoms with E-state index in [1.54, 1.807) is 13.1 Å². The van der Waals surface area contributed by atoms with Crippen LogP contribution in [0.5, 0.6) is 0 Å². The first kappa shape index (κ1) is 15.3. The Balaban J connectivity index is 2.90. The number of hydrogen-bond donors (Lipinski definition) is 3. The van der Waals surface area contributed by atoms with Crippen LogP contribution in [0.15, 0.2) is 23.1 Å². The van der Waals surface area contributed by atoms with Gasteiger partial charge in [0.05, 0.1) is 17.9 Å². The van der Waals surface area contributed by atoms with Crippen LogP contribution in [0.4, 0.5) is 11.4 Å². The van der Waals surface area contributed by atoms with Crippen molar-refractivity contribution in [3.8, 4) is 0 Å². The monoisotopic (exact) mass is 286 g/mol. The third-order valence-electron chi connectivity index (χ3n) is 2.70. The van der Waals surface area contributed by atoms with Gasteiger partial charge in [0.25, 0.3) is 0 Å². The van der Waals surface area contributed by atoms with Gasteiger partial charge in [-0.25, -0.2) is 13.6 Å². The van der Waals surface area contributed by atoms with Gasteiger partial charge < -0.3 is 16.0 Å². The first-order valence-corrected chi connectivity index (χ1v) is 7.21. The first-order chi connectivity index (χ1) is 8.77. The van der Waals surface area contributed by atoms with Gasteiger partial charge >= 0.3 is 0 Å². The topological polar surface area (TPSA) is 119 Å². The van der Waals surface area contributed by atoms with E-state index in [1.807, 2.05) is 6.92 Å². The standard InChI is InChI=1S/C11H18N4O3S/c1-3-15(2)10(16)7-14-8-5-4-6-9(11(8)12)19(13,17)18/h4-6,14H,3,7,12H2,1-2H3,(H2,13,17,18). The molecule has 5 N–H and O–H groups in total. The van der Waals surface area contributed by atoms with Crippen molar-refractivity contribution in [1.29, 1.82) is 0 Å². The molecule has 7 nitrogen and oxygen atoms in total. The maximum Gasteiger partial charge on any atom is 0.241 e. The van der Waals surface area contributed by atoms with Crippen LogP contribution in [0.3, 0.4) is 0 Å². The molecule has 0 aliphatic carbocycles. The van der Waals surface area contributed by atoms with Crippen LogP contribution in [0, 0.1) is 0 Å². The second kappa shape index (κ2) is 5.89. The summed E-state index contributed by atoms with van der Waals surface area (Å²) >= 11 is 0. The van der Waals surface area contributed by atoms with Gasteiger partial charge in [-0.3, -0.25) is 4.79 Å². The molecule has 0 radical (unpaired) electrons. The van der Waals surface area contributed by atoms with Gasteiger partial charge in [-0.1, -0.05) is 6.07 Å². The summed E-state index contributed by atoms with van der Waals surface area (Å²) in [5.74, 6) is -0.122. The van der Waals surface area contributed by atoms with E-state index in [-0.39, 0.29) is 23.0 Å². The Kier molecular flexibility index (Phi) is 4.73. The van der Waals surface area contributed by atoms with Crippen LogP contribution in [0.2, 0.25) is 0 Å². The van der Waals surface area contributed by atoms with Gasteiger partial charge in [-0.05, 0) is 19.1 Å². The van der Waals surface area contributed by atoms with Gasteiger partial charge in [-0.2, -0.15) is 0 Å². The molecule has 0 bridgehead atoms. The highest BCUT2D eigenvalue weighted by Crippen LogP contribution is 2.25. The van der Waals surface area contributed by atoms with Gasteiger partial charge in [-0.15, -0.1) is 0 Å². The number of nitrogens with two attached hydrogens (primary N) is 2. The van der Waals surface area contributed by atoms with Gasteiger partial charge in [0.15, 0.2) is 0 Å². The quantitative estimate of drug-likeness (QED) is 0.648. The number of carbonyl (C=O) groups is 1. The average molecular weight is 286 g/mol. The van der Waals surface area contributed by atoms with E-state index < -0.39 is 10.0 Å². The molecule has 0 fully saturated rings. The summed E-state index contributed by atoms with van der Waals surface area (Å²) in [6, 6.07) is 4.41. The summed E-state index contributed by atoms with van der Waals surface area (Å²) in [5, 5.41) is 7.85. The molecular formula is C11H18N4O3S. The molecule has 0 atom stereocenters. The molecule has 1 aromatic carbocycles. The van der Waals surface area contributed by atoms with E-state index in [0.29, 0.717) is 12.2 Å². The molecular weight excluding hydrogens is 268 g/mol. The number of amides is 1. The molecule has 1 rings (SSSR count). The summed E-state index contributed by atoms with van der Waals surface area (Å²) in [6.07, 6.45) is 0. The fourth-order valence-corrected chi connectivity index (χ4v) is 2.11. The number of anilines is 2. The molecule has 106 valence electrons. The van der Waals surface area contributed by atoms with Crippen molar-refractivity contribution < 1.29 is 13.2 Å². The molecule has 0 unspecified atom stereocenters. The molecule has 1 aromatic rings. The Morgan fingerprint density at radius 1 is 1.42 bits per heavy atom. The minimum atomic E-state index is -3.88. The summed E-state index contributed by atoms with van der Waals surface area (Å²) in [4.78, 5) is 13.0. The number of sulfonamides is 1. The first-order valence-electron chi connectivity index (χ1n) is 5.66. The number of nitrogens with one attached hydrogen (secondary N) is 1. The zero-order chi connectivity index (χ0) is 14.6. The van der Waals surface area contributed by atoms with Crippen LogP contribution in [0.25, 0.3) is 0 Å². The number of likely N-dealkylation sites (N-methyl/N-ethyl adjacent to an activating group) is 1. The predicted octanol–water partition coefficient (Wildman–Crippen LogP) is -0.194. The zero-order valence-corrected chi connectivity index (χ0v) is 11.7. The van der Waals surface area contributed by atoms with Crippen LogP contribution >= 0.6 is 0 Å². The molecule has 0 saturated heterocycles. The van der Waals surface area contributed by atoms with Gasteiger partial charge in [0.2, 0.25) is 15.9 Å². The minimum absolute atomic E-state index is 0.0111. The maximum atomic E-state index is 11.6. The number of benzene rings is 1. The molecule has 19 heavy (non-hydrogen) atoms. The lowest BCUT2D eigenvalue weighted by Gasteiger charge is -2.16. The molecule has 0 saturated carbocycles. The second-order valence-corrected chi connectivity index (χ2v) is 5.55. The summed E-state index contributed by atoms with van der Waals surface area (Å²) < 4.78 is 22.6. The molecule has 0 spiro atoms. The third-order valence-corrected chi connectivity index (χ3v) is 3.67. The smallest absolute Gasteiger partial charge is 0.241 e. The van der Waals surface area contributed by atoms with E-state index in [1.165, 1.54) is 17.0 Å². The largest absolute Gasteiger partial charge is 0.396 e. The van der Waals surface area contributed by atoms with Crippen molar-refractivity contribution in [3.63, 3.8) is 0 Å². The summed E-state index contributed by atoms with van der Waals surface area (Å²) in [7, 11) is -2.20. The lowest BCUT2D eigenvalue weighted by Crippen LogP contribution is -2.32. The van der Waals surface area contributed by atoms with Gasteiger partial charge in [0.1, 0.15) is 4.90 Å². The molecule has 8 heteroatoms. The van der Waals surface area contributed by atoms with Crippen molar-refractivity contribution in [2.45, 2.75) is 11.8 Å². The predicted molar refractivity (Wildman–Crippen MR) is 74.0 cm³/mol. The van der Waals surface area contributed by atoms with E-state index in [2.05, 4.69) is 5.32 Å². The fourth-order valence-electron chi connectivity index (χ4n) is 1.43. The maximum absolute atomic E-state index is 11.6. The Hall–Kier alpha value is -1.80. The lowest BCUT2D eigenvalue weighted by molar-refractivity contribution is -0.127. The van der Waals surface area contributed by atoms with Gasteiger partial charge in [0, 0.05) is 13.6 Å². The van der Waals surface area contributed by atoms with Crippen molar-refractivity contribution in [1.82, 2.24) is 4.90 Å². The molecule has 0 aromatic heterocycles. The minimum Gasteiger partial charge on any atom is -0.396 e. The second-order valence-electron chi connectivity index (χ2n) is 4.02. The number of carbonyl (C=O) groups excluding carboxylic acids is 1. The molecule has 0 heterocycles. The van der Waals surface area contributed by atoms with Crippen LogP contribution in [0.1, 0.15) is 6.92 Å². The van der Waals surface area contributed by atoms with Crippen molar-refractivity contribution in [2.24, 2.45) is 5.14 Å². The normalized spacial score (nSPS) is 11.1. The van der Waals surface area contributed by atoms with Crippen LogP contribution < -0.4 is 16.2 Å². The van der Waals surface area contributed by atoms with Crippen LogP contribution in [-0.2, 0) is 14.8 Å². The number of nitrogen functional groups attached to an aromatic ring is 1. The summed E-state index contributed by atoms with van der Waals surface area (Å²) in [5.41, 5.74) is 6.09. The highest BCUT2D eigenvalue weighted by atomic mass is 32.2. The van der Waals surface area contributed by atoms with Crippen molar-refractivity contribution in [2.75, 3.05) is 31.2 Å². The van der Waals surface area contributed by atoms with Crippen LogP contribution in [-0.4, -0.2) is 39.4 Å². The number of hydrogen-bond acceptors (Lipinski definition) is 5. The number of para-hydroxylation sites is 1. The SMILES string of the molecule is CCN(C)C(=O)CNc1cccc(S(N)(=O)=O)c1N. The molecule has 1 amide bonds.